The average molecular weight is 764 g/mol. The third-order valence-electron chi connectivity index (χ3n) is 12.2. The zero-order chi connectivity index (χ0) is 39.6. The van der Waals surface area contributed by atoms with E-state index in [-0.39, 0.29) is 0 Å². The molecule has 0 atom stereocenters. The summed E-state index contributed by atoms with van der Waals surface area (Å²) in [5.74, 6) is 0. The van der Waals surface area contributed by atoms with Crippen LogP contribution in [0.3, 0.4) is 0 Å². The molecule has 12 aromatic rings. The Kier molecular flexibility index (Phi) is 7.89. The second-order valence-electron chi connectivity index (χ2n) is 15.6. The van der Waals surface area contributed by atoms with E-state index in [1.807, 2.05) is 6.07 Å². The van der Waals surface area contributed by atoms with Gasteiger partial charge in [-0.3, -0.25) is 0 Å². The largest absolute Gasteiger partial charge is 0.454 e. The van der Waals surface area contributed by atoms with E-state index in [9.17, 15) is 0 Å². The number of furan rings is 1. The van der Waals surface area contributed by atoms with E-state index < -0.39 is 0 Å². The van der Waals surface area contributed by atoms with Crippen molar-refractivity contribution in [2.45, 2.75) is 0 Å². The number of benzene rings is 11. The normalized spacial score (nSPS) is 11.7. The molecule has 0 bridgehead atoms. The summed E-state index contributed by atoms with van der Waals surface area (Å²) >= 11 is 0. The van der Waals surface area contributed by atoms with Crippen molar-refractivity contribution in [2.24, 2.45) is 0 Å². The van der Waals surface area contributed by atoms with Gasteiger partial charge in [0.1, 0.15) is 5.58 Å². The Morgan fingerprint density at radius 2 is 0.833 bits per heavy atom. The Morgan fingerprint density at radius 3 is 1.58 bits per heavy atom. The van der Waals surface area contributed by atoms with Gasteiger partial charge >= 0.3 is 0 Å². The van der Waals surface area contributed by atoms with Crippen molar-refractivity contribution in [3.05, 3.63) is 224 Å². The number of fused-ring (bicyclic) bond motifs is 3. The number of anilines is 3. The summed E-state index contributed by atoms with van der Waals surface area (Å²) in [6.07, 6.45) is 0. The van der Waals surface area contributed by atoms with Crippen molar-refractivity contribution in [1.29, 1.82) is 0 Å². The molecule has 0 N–H and O–H groups in total. The molecular formula is C58H37NO. The van der Waals surface area contributed by atoms with Crippen LogP contribution in [-0.4, -0.2) is 0 Å². The van der Waals surface area contributed by atoms with Crippen molar-refractivity contribution in [3.8, 4) is 44.5 Å². The molecule has 11 aromatic carbocycles. The van der Waals surface area contributed by atoms with Crippen molar-refractivity contribution >= 4 is 71.3 Å². The predicted octanol–water partition coefficient (Wildman–Crippen LogP) is 16.6. The zero-order valence-corrected chi connectivity index (χ0v) is 32.7. The minimum absolute atomic E-state index is 0.864. The monoisotopic (exact) mass is 763 g/mol. The van der Waals surface area contributed by atoms with Gasteiger partial charge in [0.15, 0.2) is 5.58 Å². The van der Waals surface area contributed by atoms with E-state index in [1.165, 1.54) is 65.7 Å². The maximum Gasteiger partial charge on any atom is 0.159 e. The van der Waals surface area contributed by atoms with Crippen molar-refractivity contribution < 1.29 is 4.42 Å². The molecule has 0 saturated carbocycles. The van der Waals surface area contributed by atoms with Crippen molar-refractivity contribution in [3.63, 3.8) is 0 Å². The zero-order valence-electron chi connectivity index (χ0n) is 32.7. The molecule has 0 aliphatic carbocycles. The first kappa shape index (κ1) is 34.1. The van der Waals surface area contributed by atoms with Crippen LogP contribution in [0.15, 0.2) is 229 Å². The summed E-state index contributed by atoms with van der Waals surface area (Å²) in [6.45, 7) is 0. The van der Waals surface area contributed by atoms with Gasteiger partial charge < -0.3 is 9.32 Å². The number of hydrogen-bond acceptors (Lipinski definition) is 2. The summed E-state index contributed by atoms with van der Waals surface area (Å²) in [5, 5.41) is 9.87. The smallest absolute Gasteiger partial charge is 0.159 e. The van der Waals surface area contributed by atoms with Gasteiger partial charge in [-0.25, -0.2) is 0 Å². The fourth-order valence-corrected chi connectivity index (χ4v) is 9.44. The lowest BCUT2D eigenvalue weighted by Crippen LogP contribution is -2.11. The Hall–Kier alpha value is -7.94. The maximum absolute atomic E-state index is 6.67. The quantitative estimate of drug-likeness (QED) is 0.150. The number of nitrogens with zero attached hydrogens (tertiary/aromatic N) is 1. The molecule has 1 aromatic heterocycles. The summed E-state index contributed by atoms with van der Waals surface area (Å²) in [5.41, 5.74) is 14.5. The van der Waals surface area contributed by atoms with Crippen LogP contribution in [0.1, 0.15) is 0 Å². The summed E-state index contributed by atoms with van der Waals surface area (Å²) in [6, 6.07) is 81.1. The van der Waals surface area contributed by atoms with Gasteiger partial charge in [-0.1, -0.05) is 188 Å². The molecule has 0 radical (unpaired) electrons. The van der Waals surface area contributed by atoms with Crippen molar-refractivity contribution in [2.75, 3.05) is 4.90 Å². The van der Waals surface area contributed by atoms with E-state index in [2.05, 4.69) is 223 Å². The maximum atomic E-state index is 6.67. The highest BCUT2D eigenvalue weighted by Gasteiger charge is 2.22. The Labute approximate surface area is 348 Å². The van der Waals surface area contributed by atoms with Crippen LogP contribution in [0, 0.1) is 0 Å². The van der Waals surface area contributed by atoms with E-state index in [0.717, 1.165) is 50.1 Å². The van der Waals surface area contributed by atoms with E-state index in [0.29, 0.717) is 0 Å². The SMILES string of the molecule is c1ccc(-c2cccc(-c3ccc4ccc5c(-c6ccc(N(c7ccccc7-c7ccccc7)c7cccc8c7oc7ccccc78)cc6)ccc6ccc3c4c65)c2)cc1. The molecule has 0 aliphatic rings. The topological polar surface area (TPSA) is 16.4 Å². The van der Waals surface area contributed by atoms with Gasteiger partial charge in [-0.05, 0) is 108 Å². The van der Waals surface area contributed by atoms with Gasteiger partial charge in [0.05, 0.1) is 11.4 Å². The average Bonchev–Trinajstić information content (AvgIpc) is 3.71. The minimum atomic E-state index is 0.864. The highest BCUT2D eigenvalue weighted by molar-refractivity contribution is 6.27. The van der Waals surface area contributed by atoms with Crippen LogP contribution in [0.25, 0.3) is 98.8 Å². The summed E-state index contributed by atoms with van der Waals surface area (Å²) in [4.78, 5) is 2.36. The second kappa shape index (κ2) is 13.9. The Bertz CT molecular complexity index is 3530. The van der Waals surface area contributed by atoms with Gasteiger partial charge in [0.25, 0.3) is 0 Å². The lowest BCUT2D eigenvalue weighted by atomic mass is 9.87. The number of para-hydroxylation sites is 3. The Balaban J connectivity index is 1.01. The van der Waals surface area contributed by atoms with Crippen LogP contribution in [0.4, 0.5) is 17.1 Å². The molecule has 12 rings (SSSR count). The van der Waals surface area contributed by atoms with Crippen molar-refractivity contribution in [1.82, 2.24) is 0 Å². The first-order valence-corrected chi connectivity index (χ1v) is 20.6. The molecule has 0 aliphatic heterocycles. The molecular weight excluding hydrogens is 727 g/mol. The fraction of sp³-hybridized carbons (Fsp3) is 0. The Morgan fingerprint density at radius 1 is 0.300 bits per heavy atom. The van der Waals surface area contributed by atoms with Crippen LogP contribution in [-0.2, 0) is 0 Å². The third kappa shape index (κ3) is 5.50. The van der Waals surface area contributed by atoms with E-state index in [1.54, 1.807) is 0 Å². The molecule has 2 heteroatoms. The molecule has 0 saturated heterocycles. The van der Waals surface area contributed by atoms with Crippen LogP contribution >= 0.6 is 0 Å². The molecule has 0 amide bonds. The van der Waals surface area contributed by atoms with E-state index in [4.69, 9.17) is 4.42 Å². The fourth-order valence-electron chi connectivity index (χ4n) is 9.44. The predicted molar refractivity (Wildman–Crippen MR) is 254 cm³/mol. The number of hydrogen-bond donors (Lipinski definition) is 0. The molecule has 60 heavy (non-hydrogen) atoms. The van der Waals surface area contributed by atoms with Crippen LogP contribution < -0.4 is 4.90 Å². The van der Waals surface area contributed by atoms with Gasteiger partial charge in [0.2, 0.25) is 0 Å². The molecule has 0 unspecified atom stereocenters. The van der Waals surface area contributed by atoms with Gasteiger partial charge in [-0.15, -0.1) is 0 Å². The first-order valence-electron chi connectivity index (χ1n) is 20.6. The van der Waals surface area contributed by atoms with E-state index >= 15 is 0 Å². The minimum Gasteiger partial charge on any atom is -0.454 e. The molecule has 0 spiro atoms. The van der Waals surface area contributed by atoms with Gasteiger partial charge in [0, 0.05) is 22.0 Å². The third-order valence-corrected chi connectivity index (χ3v) is 12.2. The summed E-state index contributed by atoms with van der Waals surface area (Å²) < 4.78 is 6.67. The lowest BCUT2D eigenvalue weighted by molar-refractivity contribution is 0.669. The highest BCUT2D eigenvalue weighted by Crippen LogP contribution is 2.47. The van der Waals surface area contributed by atoms with Crippen LogP contribution in [0.2, 0.25) is 0 Å². The molecule has 1 heterocycles. The standard InChI is InChI=1S/C58H37NO/c1-3-13-38(14-4-1)43-17-11-18-44(37-43)47-34-28-42-29-35-50-46(33-27-41-30-36-51(47)57(42)56(41)50)40-25-31-45(32-26-40)59(53-22-9-7-19-48(53)39-15-5-2-6-16-39)54-23-12-21-52-49-20-8-10-24-55(49)60-58(52)54/h1-37H. The molecule has 2 nitrogen and oxygen atoms in total. The van der Waals surface area contributed by atoms with Crippen LogP contribution in [0.5, 0.6) is 0 Å². The number of rotatable bonds is 7. The molecule has 0 fully saturated rings. The summed E-state index contributed by atoms with van der Waals surface area (Å²) in [7, 11) is 0. The highest BCUT2D eigenvalue weighted by atomic mass is 16.3. The molecule has 280 valence electrons. The lowest BCUT2D eigenvalue weighted by Gasteiger charge is -2.28. The first-order chi connectivity index (χ1) is 29.8. The second-order valence-corrected chi connectivity index (χ2v) is 15.6. The van der Waals surface area contributed by atoms with Gasteiger partial charge in [-0.2, -0.15) is 0 Å².